The molecule has 0 saturated carbocycles. The SMILES string of the molecule is COc1nccc(OC2CCCN(C(=O)c3ccc(OC)c(F)c3)C2)n1. The first kappa shape index (κ1) is 17.9. The van der Waals surface area contributed by atoms with E-state index in [9.17, 15) is 9.18 Å². The van der Waals surface area contributed by atoms with E-state index in [4.69, 9.17) is 14.2 Å². The normalized spacial score (nSPS) is 16.9. The average molecular weight is 361 g/mol. The van der Waals surface area contributed by atoms with Crippen molar-refractivity contribution in [2.75, 3.05) is 27.3 Å². The number of rotatable bonds is 5. The number of hydrogen-bond acceptors (Lipinski definition) is 6. The van der Waals surface area contributed by atoms with Crippen LogP contribution in [-0.2, 0) is 0 Å². The largest absolute Gasteiger partial charge is 0.494 e. The Bertz CT molecular complexity index is 787. The molecule has 1 aliphatic heterocycles. The molecular formula is C18H20FN3O4. The minimum atomic E-state index is -0.559. The summed E-state index contributed by atoms with van der Waals surface area (Å²) in [6.45, 7) is 0.998. The third-order valence-electron chi connectivity index (χ3n) is 4.14. The van der Waals surface area contributed by atoms with Crippen molar-refractivity contribution in [2.24, 2.45) is 0 Å². The van der Waals surface area contributed by atoms with Crippen LogP contribution in [0.5, 0.6) is 17.6 Å². The van der Waals surface area contributed by atoms with Gasteiger partial charge in [-0.3, -0.25) is 4.79 Å². The number of methoxy groups -OCH3 is 2. The second-order valence-electron chi connectivity index (χ2n) is 5.86. The third-order valence-corrected chi connectivity index (χ3v) is 4.14. The fourth-order valence-electron chi connectivity index (χ4n) is 2.86. The van der Waals surface area contributed by atoms with E-state index in [1.165, 1.54) is 26.4 Å². The maximum Gasteiger partial charge on any atom is 0.319 e. The maximum absolute atomic E-state index is 13.9. The van der Waals surface area contributed by atoms with Crippen LogP contribution in [0.15, 0.2) is 30.5 Å². The molecular weight excluding hydrogens is 341 g/mol. The van der Waals surface area contributed by atoms with Crippen molar-refractivity contribution in [2.45, 2.75) is 18.9 Å². The van der Waals surface area contributed by atoms with Crippen molar-refractivity contribution in [3.8, 4) is 17.6 Å². The van der Waals surface area contributed by atoms with Crippen LogP contribution < -0.4 is 14.2 Å². The summed E-state index contributed by atoms with van der Waals surface area (Å²) in [5.41, 5.74) is 0.285. The van der Waals surface area contributed by atoms with E-state index < -0.39 is 5.82 Å². The van der Waals surface area contributed by atoms with Crippen molar-refractivity contribution < 1.29 is 23.4 Å². The van der Waals surface area contributed by atoms with Crippen molar-refractivity contribution >= 4 is 5.91 Å². The van der Waals surface area contributed by atoms with Gasteiger partial charge in [0.1, 0.15) is 6.10 Å². The minimum Gasteiger partial charge on any atom is -0.494 e. The maximum atomic E-state index is 13.9. The highest BCUT2D eigenvalue weighted by molar-refractivity contribution is 5.94. The molecule has 8 heteroatoms. The standard InChI is InChI=1S/C18H20FN3O4/c1-24-15-6-5-12(10-14(15)19)17(23)22-9-3-4-13(11-22)26-16-7-8-20-18(21-16)25-2/h5-8,10,13H,3-4,9,11H2,1-2H3. The van der Waals surface area contributed by atoms with Crippen LogP contribution in [0.2, 0.25) is 0 Å². The van der Waals surface area contributed by atoms with E-state index in [0.717, 1.165) is 12.8 Å². The molecule has 0 spiro atoms. The highest BCUT2D eigenvalue weighted by Gasteiger charge is 2.26. The Morgan fingerprint density at radius 1 is 1.27 bits per heavy atom. The Morgan fingerprint density at radius 3 is 2.85 bits per heavy atom. The van der Waals surface area contributed by atoms with E-state index >= 15 is 0 Å². The van der Waals surface area contributed by atoms with Gasteiger partial charge in [0.2, 0.25) is 5.88 Å². The van der Waals surface area contributed by atoms with Gasteiger partial charge < -0.3 is 19.1 Å². The molecule has 0 N–H and O–H groups in total. The summed E-state index contributed by atoms with van der Waals surface area (Å²) < 4.78 is 29.6. The molecule has 0 aliphatic carbocycles. The number of aromatic nitrogens is 2. The molecule has 7 nitrogen and oxygen atoms in total. The summed E-state index contributed by atoms with van der Waals surface area (Å²) in [6, 6.07) is 6.07. The molecule has 1 fully saturated rings. The zero-order chi connectivity index (χ0) is 18.5. The molecule has 1 amide bonds. The highest BCUT2D eigenvalue weighted by Crippen LogP contribution is 2.22. The number of halogens is 1. The smallest absolute Gasteiger partial charge is 0.319 e. The van der Waals surface area contributed by atoms with Gasteiger partial charge in [-0.05, 0) is 31.0 Å². The lowest BCUT2D eigenvalue weighted by molar-refractivity contribution is 0.0525. The number of likely N-dealkylation sites (tertiary alicyclic amines) is 1. The molecule has 2 aromatic rings. The predicted octanol–water partition coefficient (Wildman–Crippen LogP) is 2.32. The Labute approximate surface area is 150 Å². The Hall–Kier alpha value is -2.90. The van der Waals surface area contributed by atoms with Crippen LogP contribution >= 0.6 is 0 Å². The lowest BCUT2D eigenvalue weighted by Crippen LogP contribution is -2.44. The molecule has 26 heavy (non-hydrogen) atoms. The van der Waals surface area contributed by atoms with E-state index in [1.54, 1.807) is 23.2 Å². The topological polar surface area (TPSA) is 73.8 Å². The van der Waals surface area contributed by atoms with Gasteiger partial charge in [-0.2, -0.15) is 4.98 Å². The van der Waals surface area contributed by atoms with Gasteiger partial charge in [0.15, 0.2) is 11.6 Å². The van der Waals surface area contributed by atoms with Crippen LogP contribution in [0, 0.1) is 5.82 Å². The van der Waals surface area contributed by atoms with Crippen molar-refractivity contribution in [1.82, 2.24) is 14.9 Å². The van der Waals surface area contributed by atoms with Crippen molar-refractivity contribution in [1.29, 1.82) is 0 Å². The Balaban J connectivity index is 1.67. The second-order valence-corrected chi connectivity index (χ2v) is 5.86. The molecule has 0 radical (unpaired) electrons. The van der Waals surface area contributed by atoms with E-state index in [0.29, 0.717) is 19.0 Å². The van der Waals surface area contributed by atoms with Crippen molar-refractivity contribution in [3.63, 3.8) is 0 Å². The number of benzene rings is 1. The average Bonchev–Trinajstić information content (AvgIpc) is 2.67. The van der Waals surface area contributed by atoms with E-state index in [-0.39, 0.29) is 29.3 Å². The quantitative estimate of drug-likeness (QED) is 0.814. The van der Waals surface area contributed by atoms with Gasteiger partial charge in [-0.1, -0.05) is 0 Å². The molecule has 2 heterocycles. The molecule has 1 atom stereocenters. The lowest BCUT2D eigenvalue weighted by atomic mass is 10.1. The van der Waals surface area contributed by atoms with Gasteiger partial charge in [0, 0.05) is 24.4 Å². The predicted molar refractivity (Wildman–Crippen MR) is 91.1 cm³/mol. The molecule has 1 aromatic carbocycles. The summed E-state index contributed by atoms with van der Waals surface area (Å²) >= 11 is 0. The number of carbonyl (C=O) groups is 1. The van der Waals surface area contributed by atoms with Crippen LogP contribution in [0.3, 0.4) is 0 Å². The van der Waals surface area contributed by atoms with Crippen molar-refractivity contribution in [3.05, 3.63) is 41.8 Å². The minimum absolute atomic E-state index is 0.110. The highest BCUT2D eigenvalue weighted by atomic mass is 19.1. The number of amides is 1. The molecule has 3 rings (SSSR count). The zero-order valence-electron chi connectivity index (χ0n) is 14.6. The van der Waals surface area contributed by atoms with Gasteiger partial charge in [-0.25, -0.2) is 9.37 Å². The van der Waals surface area contributed by atoms with Crippen LogP contribution in [0.25, 0.3) is 0 Å². The third kappa shape index (κ3) is 4.01. The van der Waals surface area contributed by atoms with Gasteiger partial charge >= 0.3 is 6.01 Å². The monoisotopic (exact) mass is 361 g/mol. The number of nitrogens with zero attached hydrogens (tertiary/aromatic N) is 3. The summed E-state index contributed by atoms with van der Waals surface area (Å²) in [7, 11) is 2.86. The molecule has 138 valence electrons. The fraction of sp³-hybridized carbons (Fsp3) is 0.389. The zero-order valence-corrected chi connectivity index (χ0v) is 14.6. The number of carbonyl (C=O) groups excluding carboxylic acids is 1. The van der Waals surface area contributed by atoms with Gasteiger partial charge in [-0.15, -0.1) is 0 Å². The first-order valence-electron chi connectivity index (χ1n) is 8.27. The number of piperidine rings is 1. The summed E-state index contributed by atoms with van der Waals surface area (Å²) in [4.78, 5) is 22.4. The summed E-state index contributed by atoms with van der Waals surface area (Å²) in [6.07, 6.45) is 2.94. The molecule has 1 aromatic heterocycles. The van der Waals surface area contributed by atoms with Gasteiger partial charge in [0.25, 0.3) is 5.91 Å². The Morgan fingerprint density at radius 2 is 2.12 bits per heavy atom. The molecule has 1 aliphatic rings. The lowest BCUT2D eigenvalue weighted by Gasteiger charge is -2.32. The van der Waals surface area contributed by atoms with E-state index in [1.807, 2.05) is 0 Å². The molecule has 0 bridgehead atoms. The summed E-state index contributed by atoms with van der Waals surface area (Å²) in [5.74, 6) is -0.290. The number of hydrogen-bond donors (Lipinski definition) is 0. The first-order chi connectivity index (χ1) is 12.6. The first-order valence-corrected chi connectivity index (χ1v) is 8.27. The second kappa shape index (κ2) is 7.99. The van der Waals surface area contributed by atoms with Crippen LogP contribution in [-0.4, -0.2) is 54.2 Å². The van der Waals surface area contributed by atoms with Gasteiger partial charge in [0.05, 0.1) is 20.8 Å². The number of ether oxygens (including phenoxy) is 3. The van der Waals surface area contributed by atoms with E-state index in [2.05, 4.69) is 9.97 Å². The summed E-state index contributed by atoms with van der Waals surface area (Å²) in [5, 5.41) is 0. The molecule has 1 saturated heterocycles. The molecule has 1 unspecified atom stereocenters. The van der Waals surface area contributed by atoms with Crippen LogP contribution in [0.4, 0.5) is 4.39 Å². The van der Waals surface area contributed by atoms with Crippen LogP contribution in [0.1, 0.15) is 23.2 Å². The fourth-order valence-corrected chi connectivity index (χ4v) is 2.86. The Kier molecular flexibility index (Phi) is 5.50.